The standard InChI is InChI=1S/C22H31N5O7/c1-5-8-10-25(18-19(23)26(11-9-6-2)22(30)24-20(18)28)21(29)14-12-17(34-7-3)16(33-4)13-15(14)27(31)32/h12-13H,5-11,23H2,1-4H3,(H,24,28,30). The molecule has 0 saturated carbocycles. The van der Waals surface area contributed by atoms with Crippen molar-refractivity contribution in [3.8, 4) is 11.5 Å². The average molecular weight is 478 g/mol. The number of nitrogens with two attached hydrogens (primary N) is 1. The SMILES string of the molecule is CCCCN(C(=O)c1cc(OCC)c(OC)cc1[N+](=O)[O-])c1c(N)n(CCCC)c(=O)[nH]c1=O. The molecule has 1 heterocycles. The van der Waals surface area contributed by atoms with Crippen LogP contribution in [-0.4, -0.2) is 40.6 Å². The van der Waals surface area contributed by atoms with Crippen molar-refractivity contribution in [2.24, 2.45) is 0 Å². The minimum atomic E-state index is -0.846. The Bertz CT molecular complexity index is 1160. The highest BCUT2D eigenvalue weighted by Crippen LogP contribution is 2.36. The van der Waals surface area contributed by atoms with Gasteiger partial charge < -0.3 is 20.1 Å². The van der Waals surface area contributed by atoms with Gasteiger partial charge in [-0.25, -0.2) is 4.79 Å². The van der Waals surface area contributed by atoms with E-state index in [0.29, 0.717) is 19.3 Å². The molecule has 2 aromatic rings. The summed E-state index contributed by atoms with van der Waals surface area (Å²) in [6, 6.07) is 2.32. The largest absolute Gasteiger partial charge is 0.493 e. The molecule has 0 aliphatic carbocycles. The number of nitrogens with zero attached hydrogens (tertiary/aromatic N) is 3. The quantitative estimate of drug-likeness (QED) is 0.348. The third kappa shape index (κ3) is 5.56. The van der Waals surface area contributed by atoms with Crippen LogP contribution in [0, 0.1) is 10.1 Å². The maximum Gasteiger partial charge on any atom is 0.330 e. The normalized spacial score (nSPS) is 10.7. The van der Waals surface area contributed by atoms with Crippen LogP contribution in [0.3, 0.4) is 0 Å². The number of nitrogens with one attached hydrogen (secondary N) is 1. The summed E-state index contributed by atoms with van der Waals surface area (Å²) in [7, 11) is 1.33. The minimum Gasteiger partial charge on any atom is -0.493 e. The molecule has 12 nitrogen and oxygen atoms in total. The van der Waals surface area contributed by atoms with Gasteiger partial charge in [0.2, 0.25) is 0 Å². The van der Waals surface area contributed by atoms with Gasteiger partial charge >= 0.3 is 5.69 Å². The van der Waals surface area contributed by atoms with Gasteiger partial charge in [0, 0.05) is 19.2 Å². The van der Waals surface area contributed by atoms with Crippen LogP contribution in [-0.2, 0) is 6.54 Å². The number of hydrogen-bond donors (Lipinski definition) is 2. The zero-order valence-electron chi connectivity index (χ0n) is 19.9. The Kier molecular flexibility index (Phi) is 9.22. The number of H-pyrrole nitrogens is 1. The third-order valence-electron chi connectivity index (χ3n) is 5.21. The Hall–Kier alpha value is -3.83. The molecule has 1 aromatic carbocycles. The van der Waals surface area contributed by atoms with Gasteiger partial charge in [-0.2, -0.15) is 0 Å². The summed E-state index contributed by atoms with van der Waals surface area (Å²) in [4.78, 5) is 53.2. The van der Waals surface area contributed by atoms with Crippen LogP contribution in [0.4, 0.5) is 17.2 Å². The second-order valence-electron chi connectivity index (χ2n) is 7.52. The van der Waals surface area contributed by atoms with Crippen molar-refractivity contribution in [3.63, 3.8) is 0 Å². The molecule has 0 aliphatic rings. The van der Waals surface area contributed by atoms with Gasteiger partial charge in [-0.05, 0) is 19.8 Å². The molecule has 1 amide bonds. The molecule has 0 spiro atoms. The Morgan fingerprint density at radius 1 is 1.18 bits per heavy atom. The molecule has 12 heteroatoms. The maximum absolute atomic E-state index is 13.7. The highest BCUT2D eigenvalue weighted by atomic mass is 16.6. The number of rotatable bonds is 12. The molecular formula is C22H31N5O7. The van der Waals surface area contributed by atoms with Crippen molar-refractivity contribution in [2.75, 3.05) is 30.9 Å². The van der Waals surface area contributed by atoms with Crippen LogP contribution in [0.1, 0.15) is 56.8 Å². The first kappa shape index (κ1) is 26.4. The Morgan fingerprint density at radius 3 is 2.41 bits per heavy atom. The number of hydrogen-bond acceptors (Lipinski definition) is 8. The van der Waals surface area contributed by atoms with Crippen molar-refractivity contribution in [1.82, 2.24) is 9.55 Å². The molecule has 0 aliphatic heterocycles. The first-order valence-electron chi connectivity index (χ1n) is 11.1. The number of unbranched alkanes of at least 4 members (excludes halogenated alkanes) is 2. The number of aromatic amines is 1. The van der Waals surface area contributed by atoms with Gasteiger partial charge in [0.25, 0.3) is 17.2 Å². The van der Waals surface area contributed by atoms with Crippen molar-refractivity contribution in [2.45, 2.75) is 53.0 Å². The van der Waals surface area contributed by atoms with Gasteiger partial charge in [0.15, 0.2) is 17.2 Å². The van der Waals surface area contributed by atoms with Gasteiger partial charge in [0.05, 0.1) is 24.7 Å². The fraction of sp³-hybridized carbons (Fsp3) is 0.500. The summed E-state index contributed by atoms with van der Waals surface area (Å²) < 4.78 is 11.9. The average Bonchev–Trinajstić information content (AvgIpc) is 2.80. The summed E-state index contributed by atoms with van der Waals surface area (Å²) in [5.74, 6) is -0.755. The number of aromatic nitrogens is 2. The summed E-state index contributed by atoms with van der Waals surface area (Å²) in [6.45, 7) is 6.08. The lowest BCUT2D eigenvalue weighted by Crippen LogP contribution is -2.41. The van der Waals surface area contributed by atoms with Crippen molar-refractivity contribution in [1.29, 1.82) is 0 Å². The van der Waals surface area contributed by atoms with Gasteiger partial charge in [-0.3, -0.25) is 29.3 Å². The predicted octanol–water partition coefficient (Wildman–Crippen LogP) is 2.68. The van der Waals surface area contributed by atoms with E-state index in [1.807, 2.05) is 13.8 Å². The third-order valence-corrected chi connectivity index (χ3v) is 5.21. The van der Waals surface area contributed by atoms with Crippen LogP contribution >= 0.6 is 0 Å². The number of nitro groups is 1. The smallest absolute Gasteiger partial charge is 0.330 e. The molecule has 0 saturated heterocycles. The lowest BCUT2D eigenvalue weighted by molar-refractivity contribution is -0.385. The Balaban J connectivity index is 2.76. The summed E-state index contributed by atoms with van der Waals surface area (Å²) >= 11 is 0. The lowest BCUT2D eigenvalue weighted by atomic mass is 10.1. The number of carbonyl (C=O) groups is 1. The summed E-state index contributed by atoms with van der Waals surface area (Å²) in [5, 5.41) is 11.8. The van der Waals surface area contributed by atoms with Crippen LogP contribution in [0.15, 0.2) is 21.7 Å². The molecule has 0 radical (unpaired) electrons. The number of benzene rings is 1. The van der Waals surface area contributed by atoms with Gasteiger partial charge in [0.1, 0.15) is 11.4 Å². The Morgan fingerprint density at radius 2 is 1.85 bits per heavy atom. The van der Waals surface area contributed by atoms with Crippen molar-refractivity contribution >= 4 is 23.1 Å². The highest BCUT2D eigenvalue weighted by molar-refractivity contribution is 6.10. The topological polar surface area (TPSA) is 163 Å². The second kappa shape index (κ2) is 11.9. The molecule has 0 unspecified atom stereocenters. The molecule has 0 fully saturated rings. The summed E-state index contributed by atoms with van der Waals surface area (Å²) in [5.41, 5.74) is 3.64. The number of nitrogen functional groups attached to an aromatic ring is 1. The molecule has 1 aromatic heterocycles. The van der Waals surface area contributed by atoms with E-state index in [9.17, 15) is 24.5 Å². The number of ether oxygens (including phenoxy) is 2. The van der Waals surface area contributed by atoms with Crippen molar-refractivity contribution < 1.29 is 19.2 Å². The van der Waals surface area contributed by atoms with E-state index in [4.69, 9.17) is 15.2 Å². The van der Waals surface area contributed by atoms with E-state index in [-0.39, 0.29) is 48.3 Å². The fourth-order valence-electron chi connectivity index (χ4n) is 3.45. The number of methoxy groups -OCH3 is 1. The number of anilines is 2. The maximum atomic E-state index is 13.7. The molecule has 186 valence electrons. The van der Waals surface area contributed by atoms with E-state index in [0.717, 1.165) is 17.4 Å². The zero-order chi connectivity index (χ0) is 25.4. The van der Waals surface area contributed by atoms with Gasteiger partial charge in [-0.1, -0.05) is 26.7 Å². The second-order valence-corrected chi connectivity index (χ2v) is 7.52. The first-order valence-corrected chi connectivity index (χ1v) is 11.1. The predicted molar refractivity (Wildman–Crippen MR) is 128 cm³/mol. The highest BCUT2D eigenvalue weighted by Gasteiger charge is 2.31. The minimum absolute atomic E-state index is 0.0573. The molecule has 0 atom stereocenters. The van der Waals surface area contributed by atoms with Crippen LogP contribution < -0.4 is 31.4 Å². The first-order chi connectivity index (χ1) is 16.2. The zero-order valence-corrected chi connectivity index (χ0v) is 19.9. The fourth-order valence-corrected chi connectivity index (χ4v) is 3.45. The number of nitro benzene ring substituents is 1. The van der Waals surface area contributed by atoms with Crippen LogP contribution in [0.25, 0.3) is 0 Å². The molecular weight excluding hydrogens is 446 g/mol. The van der Waals surface area contributed by atoms with E-state index in [2.05, 4.69) is 4.98 Å². The Labute approximate surface area is 196 Å². The summed E-state index contributed by atoms with van der Waals surface area (Å²) in [6.07, 6.45) is 2.56. The van der Waals surface area contributed by atoms with E-state index in [1.165, 1.54) is 17.7 Å². The van der Waals surface area contributed by atoms with E-state index in [1.54, 1.807) is 6.92 Å². The molecule has 0 bridgehead atoms. The number of amides is 1. The lowest BCUT2D eigenvalue weighted by Gasteiger charge is -2.25. The van der Waals surface area contributed by atoms with E-state index < -0.39 is 27.8 Å². The van der Waals surface area contributed by atoms with Crippen molar-refractivity contribution in [3.05, 3.63) is 48.6 Å². The molecule has 34 heavy (non-hydrogen) atoms. The van der Waals surface area contributed by atoms with E-state index >= 15 is 0 Å². The molecule has 3 N–H and O–H groups in total. The number of carbonyl (C=O) groups excluding carboxylic acids is 1. The van der Waals surface area contributed by atoms with Gasteiger partial charge in [-0.15, -0.1) is 0 Å². The van der Waals surface area contributed by atoms with Crippen LogP contribution in [0.2, 0.25) is 0 Å². The monoisotopic (exact) mass is 477 g/mol. The van der Waals surface area contributed by atoms with Crippen LogP contribution in [0.5, 0.6) is 11.5 Å². The molecule has 2 rings (SSSR count).